The summed E-state index contributed by atoms with van der Waals surface area (Å²) in [6.07, 6.45) is -3.05. The van der Waals surface area contributed by atoms with Gasteiger partial charge in [-0.05, 0) is 9.91 Å². The summed E-state index contributed by atoms with van der Waals surface area (Å²) in [6, 6.07) is 1.54. The SMILES string of the molecule is N#CCc1c(O)cnc([N+](=O)[O-])c1C(F)F. The van der Waals surface area contributed by atoms with Crippen molar-refractivity contribution in [3.05, 3.63) is 27.4 Å². The summed E-state index contributed by atoms with van der Waals surface area (Å²) in [6.45, 7) is 0. The second-order valence-electron chi connectivity index (χ2n) is 2.75. The van der Waals surface area contributed by atoms with Gasteiger partial charge in [-0.3, -0.25) is 0 Å². The van der Waals surface area contributed by atoms with Crippen LogP contribution in [-0.4, -0.2) is 15.0 Å². The van der Waals surface area contributed by atoms with E-state index >= 15 is 0 Å². The van der Waals surface area contributed by atoms with E-state index in [4.69, 9.17) is 5.26 Å². The van der Waals surface area contributed by atoms with Crippen LogP contribution in [0.5, 0.6) is 5.75 Å². The fourth-order valence-corrected chi connectivity index (χ4v) is 1.18. The molecule has 6 nitrogen and oxygen atoms in total. The molecule has 0 fully saturated rings. The van der Waals surface area contributed by atoms with Gasteiger partial charge in [-0.1, -0.05) is 0 Å². The Morgan fingerprint density at radius 2 is 2.31 bits per heavy atom. The molecule has 0 unspecified atom stereocenters. The van der Waals surface area contributed by atoms with Crippen LogP contribution in [0.2, 0.25) is 0 Å². The minimum absolute atomic E-state index is 0.459. The standard InChI is InChI=1S/C8H5F2N3O3/c9-7(10)6-4(1-2-11)5(14)3-12-8(6)13(15)16/h3,7,14H,1H2. The highest BCUT2D eigenvalue weighted by Crippen LogP contribution is 2.34. The van der Waals surface area contributed by atoms with Gasteiger partial charge in [0.15, 0.2) is 11.9 Å². The van der Waals surface area contributed by atoms with E-state index in [1.807, 2.05) is 0 Å². The molecule has 0 spiro atoms. The summed E-state index contributed by atoms with van der Waals surface area (Å²) in [5.74, 6) is -1.69. The van der Waals surface area contributed by atoms with E-state index in [0.29, 0.717) is 6.20 Å². The van der Waals surface area contributed by atoms with E-state index in [1.54, 1.807) is 6.07 Å². The number of hydrogen-bond acceptors (Lipinski definition) is 5. The monoisotopic (exact) mass is 229 g/mol. The maximum absolute atomic E-state index is 12.6. The Kier molecular flexibility index (Phi) is 3.30. The van der Waals surface area contributed by atoms with E-state index in [-0.39, 0.29) is 0 Å². The van der Waals surface area contributed by atoms with Gasteiger partial charge >= 0.3 is 5.82 Å². The zero-order chi connectivity index (χ0) is 12.3. The van der Waals surface area contributed by atoms with Gasteiger partial charge < -0.3 is 15.2 Å². The first-order chi connectivity index (χ1) is 7.49. The van der Waals surface area contributed by atoms with E-state index in [0.717, 1.165) is 0 Å². The Morgan fingerprint density at radius 3 is 2.75 bits per heavy atom. The fraction of sp³-hybridized carbons (Fsp3) is 0.250. The van der Waals surface area contributed by atoms with E-state index < -0.39 is 40.5 Å². The first-order valence-corrected chi connectivity index (χ1v) is 3.99. The molecule has 0 amide bonds. The van der Waals surface area contributed by atoms with Gasteiger partial charge in [0, 0.05) is 5.56 Å². The predicted molar refractivity (Wildman–Crippen MR) is 46.8 cm³/mol. The Balaban J connectivity index is 3.51. The summed E-state index contributed by atoms with van der Waals surface area (Å²) in [7, 11) is 0. The van der Waals surface area contributed by atoms with Gasteiger partial charge in [-0.2, -0.15) is 5.26 Å². The molecule has 0 bridgehead atoms. The van der Waals surface area contributed by atoms with Crippen molar-refractivity contribution in [2.24, 2.45) is 0 Å². The molecule has 0 aliphatic rings. The summed E-state index contributed by atoms with van der Waals surface area (Å²) < 4.78 is 25.2. The molecule has 8 heteroatoms. The Bertz CT molecular complexity index is 470. The Labute approximate surface area is 87.9 Å². The minimum atomic E-state index is -3.18. The summed E-state index contributed by atoms with van der Waals surface area (Å²) in [5, 5.41) is 28.0. The first-order valence-electron chi connectivity index (χ1n) is 3.99. The highest BCUT2D eigenvalue weighted by atomic mass is 19.3. The minimum Gasteiger partial charge on any atom is -0.504 e. The van der Waals surface area contributed by atoms with Crippen molar-refractivity contribution in [2.75, 3.05) is 0 Å². The number of pyridine rings is 1. The largest absolute Gasteiger partial charge is 0.504 e. The van der Waals surface area contributed by atoms with Crippen LogP contribution in [0.3, 0.4) is 0 Å². The molecule has 1 heterocycles. The van der Waals surface area contributed by atoms with Gasteiger partial charge in [-0.25, -0.2) is 8.78 Å². The third-order valence-corrected chi connectivity index (χ3v) is 1.83. The van der Waals surface area contributed by atoms with Crippen molar-refractivity contribution in [3.63, 3.8) is 0 Å². The van der Waals surface area contributed by atoms with Gasteiger partial charge in [-0.15, -0.1) is 0 Å². The average molecular weight is 229 g/mol. The van der Waals surface area contributed by atoms with Crippen LogP contribution >= 0.6 is 0 Å². The number of alkyl halides is 2. The Hall–Kier alpha value is -2.30. The van der Waals surface area contributed by atoms with Crippen LogP contribution in [0.15, 0.2) is 6.20 Å². The lowest BCUT2D eigenvalue weighted by Crippen LogP contribution is -2.03. The summed E-state index contributed by atoms with van der Waals surface area (Å²) in [5.41, 5.74) is -1.47. The number of aromatic nitrogens is 1. The smallest absolute Gasteiger partial charge is 0.372 e. The molecular formula is C8H5F2N3O3. The molecule has 84 valence electrons. The van der Waals surface area contributed by atoms with Crippen LogP contribution in [-0.2, 0) is 6.42 Å². The zero-order valence-corrected chi connectivity index (χ0v) is 7.72. The average Bonchev–Trinajstić information content (AvgIpc) is 2.20. The lowest BCUT2D eigenvalue weighted by atomic mass is 10.1. The van der Waals surface area contributed by atoms with Crippen LogP contribution in [0.1, 0.15) is 17.6 Å². The summed E-state index contributed by atoms with van der Waals surface area (Å²) in [4.78, 5) is 12.5. The topological polar surface area (TPSA) is 100 Å². The van der Waals surface area contributed by atoms with Crippen LogP contribution in [0, 0.1) is 21.4 Å². The van der Waals surface area contributed by atoms with Crippen molar-refractivity contribution in [2.45, 2.75) is 12.8 Å². The maximum Gasteiger partial charge on any atom is 0.372 e. The quantitative estimate of drug-likeness (QED) is 0.627. The zero-order valence-electron chi connectivity index (χ0n) is 7.72. The molecule has 0 aliphatic heterocycles. The number of nitro groups is 1. The van der Waals surface area contributed by atoms with Crippen molar-refractivity contribution in [3.8, 4) is 11.8 Å². The third-order valence-electron chi connectivity index (χ3n) is 1.83. The summed E-state index contributed by atoms with van der Waals surface area (Å²) >= 11 is 0. The highest BCUT2D eigenvalue weighted by Gasteiger charge is 2.29. The maximum atomic E-state index is 12.6. The molecule has 1 rings (SSSR count). The predicted octanol–water partition coefficient (Wildman–Crippen LogP) is 1.70. The second-order valence-corrected chi connectivity index (χ2v) is 2.75. The van der Waals surface area contributed by atoms with Crippen molar-refractivity contribution in [1.29, 1.82) is 5.26 Å². The van der Waals surface area contributed by atoms with Gasteiger partial charge in [0.05, 0.1) is 12.5 Å². The third kappa shape index (κ3) is 2.03. The molecule has 0 atom stereocenters. The van der Waals surface area contributed by atoms with Crippen LogP contribution in [0.25, 0.3) is 0 Å². The first kappa shape index (κ1) is 11.8. The lowest BCUT2D eigenvalue weighted by Gasteiger charge is -2.06. The van der Waals surface area contributed by atoms with E-state index in [2.05, 4.69) is 4.98 Å². The fourth-order valence-electron chi connectivity index (χ4n) is 1.18. The molecule has 1 aromatic rings. The number of halogens is 2. The van der Waals surface area contributed by atoms with Crippen LogP contribution in [0.4, 0.5) is 14.6 Å². The van der Waals surface area contributed by atoms with E-state index in [1.165, 1.54) is 0 Å². The normalized spacial score (nSPS) is 10.1. The van der Waals surface area contributed by atoms with Gasteiger partial charge in [0.25, 0.3) is 6.43 Å². The van der Waals surface area contributed by atoms with Gasteiger partial charge in [0.1, 0.15) is 5.56 Å². The molecule has 1 N–H and O–H groups in total. The van der Waals surface area contributed by atoms with Crippen molar-refractivity contribution >= 4 is 5.82 Å². The number of rotatable bonds is 3. The van der Waals surface area contributed by atoms with Crippen molar-refractivity contribution in [1.82, 2.24) is 4.98 Å². The molecule has 16 heavy (non-hydrogen) atoms. The molecule has 1 aromatic heterocycles. The lowest BCUT2D eigenvalue weighted by molar-refractivity contribution is -0.391. The second kappa shape index (κ2) is 4.48. The van der Waals surface area contributed by atoms with Crippen molar-refractivity contribution < 1.29 is 18.8 Å². The Morgan fingerprint density at radius 1 is 1.69 bits per heavy atom. The molecule has 0 aromatic carbocycles. The molecule has 0 aliphatic carbocycles. The van der Waals surface area contributed by atoms with Crippen LogP contribution < -0.4 is 0 Å². The molecular weight excluding hydrogens is 224 g/mol. The van der Waals surface area contributed by atoms with Gasteiger partial charge in [0.2, 0.25) is 0 Å². The number of nitrogens with zero attached hydrogens (tertiary/aromatic N) is 3. The van der Waals surface area contributed by atoms with E-state index in [9.17, 15) is 24.0 Å². The molecule has 0 radical (unpaired) electrons. The number of hydrogen-bond donors (Lipinski definition) is 1. The molecule has 0 saturated heterocycles. The molecule has 0 saturated carbocycles. The highest BCUT2D eigenvalue weighted by molar-refractivity contribution is 5.48. The number of nitriles is 1. The number of aromatic hydroxyl groups is 1.